The molecule has 1 aromatic rings. The highest BCUT2D eigenvalue weighted by atomic mass is 16.5. The van der Waals surface area contributed by atoms with Crippen LogP contribution in [0.15, 0.2) is 18.2 Å². The van der Waals surface area contributed by atoms with E-state index in [1.165, 1.54) is 36.8 Å². The minimum absolute atomic E-state index is 0.0345. The molecule has 1 heterocycles. The van der Waals surface area contributed by atoms with Crippen LogP contribution in [0.5, 0.6) is 5.75 Å². The van der Waals surface area contributed by atoms with E-state index in [1.807, 2.05) is 0 Å². The molecule has 4 rings (SSSR count). The Balaban J connectivity index is 1.47. The van der Waals surface area contributed by atoms with E-state index in [4.69, 9.17) is 4.74 Å². The van der Waals surface area contributed by atoms with Gasteiger partial charge in [0.15, 0.2) is 0 Å². The van der Waals surface area contributed by atoms with Crippen LogP contribution in [0.3, 0.4) is 0 Å². The first-order chi connectivity index (χ1) is 10.3. The van der Waals surface area contributed by atoms with Crippen molar-refractivity contribution in [2.45, 2.75) is 50.7 Å². The molecule has 0 unspecified atom stereocenters. The van der Waals surface area contributed by atoms with Crippen LogP contribution >= 0.6 is 0 Å². The predicted octanol–water partition coefficient (Wildman–Crippen LogP) is 2.30. The number of aryl methyl sites for hydroxylation is 2. The van der Waals surface area contributed by atoms with Crippen LogP contribution in [-0.4, -0.2) is 30.4 Å². The largest absolute Gasteiger partial charge is 0.488 e. The Kier molecular flexibility index (Phi) is 3.64. The fourth-order valence-corrected chi connectivity index (χ4v) is 4.34. The van der Waals surface area contributed by atoms with E-state index in [0.29, 0.717) is 11.8 Å². The lowest BCUT2D eigenvalue weighted by Gasteiger charge is -2.35. The highest BCUT2D eigenvalue weighted by Gasteiger charge is 2.39. The van der Waals surface area contributed by atoms with Crippen molar-refractivity contribution in [1.82, 2.24) is 5.32 Å². The molecule has 2 aliphatic carbocycles. The molecule has 4 atom stereocenters. The van der Waals surface area contributed by atoms with Crippen molar-refractivity contribution in [2.75, 3.05) is 13.1 Å². The van der Waals surface area contributed by atoms with Crippen LogP contribution in [0.4, 0.5) is 0 Å². The summed E-state index contributed by atoms with van der Waals surface area (Å²) in [5, 5.41) is 13.8. The van der Waals surface area contributed by atoms with Crippen LogP contribution in [0.2, 0.25) is 0 Å². The van der Waals surface area contributed by atoms with Crippen LogP contribution in [0, 0.1) is 11.8 Å². The number of aliphatic hydroxyl groups is 1. The lowest BCUT2D eigenvalue weighted by molar-refractivity contribution is -0.0231. The lowest BCUT2D eigenvalue weighted by atomic mass is 9.78. The van der Waals surface area contributed by atoms with Gasteiger partial charge in [0.1, 0.15) is 11.9 Å². The Morgan fingerprint density at radius 3 is 2.62 bits per heavy atom. The molecule has 0 spiro atoms. The zero-order valence-corrected chi connectivity index (χ0v) is 12.6. The number of rotatable bonds is 2. The van der Waals surface area contributed by atoms with Crippen LogP contribution in [-0.2, 0) is 12.8 Å². The SMILES string of the molecule is O[C@@H]1C[C@H]2CNC[C@H]2C[C@H]1Oc1ccc2c(c1)CCCC2. The highest BCUT2D eigenvalue weighted by Crippen LogP contribution is 2.35. The maximum absolute atomic E-state index is 10.4. The van der Waals surface area contributed by atoms with Gasteiger partial charge in [-0.1, -0.05) is 6.07 Å². The molecule has 2 fully saturated rings. The molecule has 0 bridgehead atoms. The zero-order chi connectivity index (χ0) is 14.2. The van der Waals surface area contributed by atoms with Crippen molar-refractivity contribution < 1.29 is 9.84 Å². The molecule has 2 N–H and O–H groups in total. The summed E-state index contributed by atoms with van der Waals surface area (Å²) in [5.41, 5.74) is 2.93. The van der Waals surface area contributed by atoms with Gasteiger partial charge in [0, 0.05) is 0 Å². The molecule has 3 heteroatoms. The van der Waals surface area contributed by atoms with E-state index in [2.05, 4.69) is 23.5 Å². The molecule has 21 heavy (non-hydrogen) atoms. The standard InChI is InChI=1S/C18H25NO2/c20-17-8-14-10-19-11-15(14)9-18(17)21-16-6-5-12-3-1-2-4-13(12)7-16/h5-7,14-15,17-20H,1-4,8-11H2/t14-,15+,17+,18+/m0/s1. The van der Waals surface area contributed by atoms with Gasteiger partial charge < -0.3 is 15.2 Å². The van der Waals surface area contributed by atoms with Crippen LogP contribution < -0.4 is 10.1 Å². The number of nitrogens with one attached hydrogen (secondary N) is 1. The maximum atomic E-state index is 10.4. The molecular weight excluding hydrogens is 262 g/mol. The summed E-state index contributed by atoms with van der Waals surface area (Å²) in [7, 11) is 0. The average Bonchev–Trinajstić information content (AvgIpc) is 2.94. The summed E-state index contributed by atoms with van der Waals surface area (Å²) < 4.78 is 6.16. The van der Waals surface area contributed by atoms with E-state index in [1.54, 1.807) is 0 Å². The van der Waals surface area contributed by atoms with Crippen molar-refractivity contribution in [3.63, 3.8) is 0 Å². The highest BCUT2D eigenvalue weighted by molar-refractivity contribution is 5.37. The van der Waals surface area contributed by atoms with E-state index in [9.17, 15) is 5.11 Å². The van der Waals surface area contributed by atoms with Gasteiger partial charge in [0.25, 0.3) is 0 Å². The quantitative estimate of drug-likeness (QED) is 0.877. The van der Waals surface area contributed by atoms with Crippen molar-refractivity contribution in [3.05, 3.63) is 29.3 Å². The molecule has 1 saturated carbocycles. The summed E-state index contributed by atoms with van der Waals surface area (Å²) in [6.07, 6.45) is 6.49. The zero-order valence-electron chi connectivity index (χ0n) is 12.6. The third-order valence-electron chi connectivity index (χ3n) is 5.60. The van der Waals surface area contributed by atoms with E-state index < -0.39 is 0 Å². The second kappa shape index (κ2) is 5.62. The Morgan fingerprint density at radius 1 is 1.00 bits per heavy atom. The van der Waals surface area contributed by atoms with Crippen molar-refractivity contribution in [3.8, 4) is 5.75 Å². The molecule has 3 aliphatic rings. The van der Waals surface area contributed by atoms with E-state index in [0.717, 1.165) is 31.7 Å². The minimum Gasteiger partial charge on any atom is -0.488 e. The molecular formula is C18H25NO2. The smallest absolute Gasteiger partial charge is 0.125 e. The molecule has 3 nitrogen and oxygen atoms in total. The molecule has 1 aliphatic heterocycles. The van der Waals surface area contributed by atoms with Crippen molar-refractivity contribution in [1.29, 1.82) is 0 Å². The second-order valence-electron chi connectivity index (χ2n) is 7.01. The third-order valence-corrected chi connectivity index (χ3v) is 5.60. The summed E-state index contributed by atoms with van der Waals surface area (Å²) in [6, 6.07) is 6.52. The molecule has 0 radical (unpaired) electrons. The van der Waals surface area contributed by atoms with E-state index >= 15 is 0 Å². The summed E-state index contributed by atoms with van der Waals surface area (Å²) in [5.74, 6) is 2.27. The Hall–Kier alpha value is -1.06. The first kappa shape index (κ1) is 13.6. The average molecular weight is 287 g/mol. The first-order valence-corrected chi connectivity index (χ1v) is 8.47. The summed E-state index contributed by atoms with van der Waals surface area (Å²) in [6.45, 7) is 2.15. The summed E-state index contributed by atoms with van der Waals surface area (Å²) >= 11 is 0. The topological polar surface area (TPSA) is 41.5 Å². The minimum atomic E-state index is -0.317. The maximum Gasteiger partial charge on any atom is 0.125 e. The molecule has 0 aromatic heterocycles. The molecule has 1 saturated heterocycles. The number of aliphatic hydroxyl groups excluding tert-OH is 1. The van der Waals surface area contributed by atoms with Crippen LogP contribution in [0.1, 0.15) is 36.8 Å². The van der Waals surface area contributed by atoms with Crippen LogP contribution in [0.25, 0.3) is 0 Å². The number of benzene rings is 1. The number of ether oxygens (including phenoxy) is 1. The molecule has 0 amide bonds. The number of hydrogen-bond donors (Lipinski definition) is 2. The van der Waals surface area contributed by atoms with Gasteiger partial charge in [0.05, 0.1) is 6.10 Å². The number of fused-ring (bicyclic) bond motifs is 2. The molecule has 114 valence electrons. The predicted molar refractivity (Wildman–Crippen MR) is 82.6 cm³/mol. The van der Waals surface area contributed by atoms with Crippen molar-refractivity contribution in [2.24, 2.45) is 11.8 Å². The van der Waals surface area contributed by atoms with Gasteiger partial charge in [-0.3, -0.25) is 0 Å². The Morgan fingerprint density at radius 2 is 1.76 bits per heavy atom. The fraction of sp³-hybridized carbons (Fsp3) is 0.667. The van der Waals surface area contributed by atoms with Gasteiger partial charge in [0.2, 0.25) is 0 Å². The summed E-state index contributed by atoms with van der Waals surface area (Å²) in [4.78, 5) is 0. The van der Waals surface area contributed by atoms with Gasteiger partial charge in [-0.05, 0) is 86.7 Å². The first-order valence-electron chi connectivity index (χ1n) is 8.47. The number of hydrogen-bond acceptors (Lipinski definition) is 3. The van der Waals surface area contributed by atoms with Gasteiger partial charge >= 0.3 is 0 Å². The van der Waals surface area contributed by atoms with Crippen molar-refractivity contribution >= 4 is 0 Å². The lowest BCUT2D eigenvalue weighted by Crippen LogP contribution is -2.42. The van der Waals surface area contributed by atoms with Gasteiger partial charge in [-0.15, -0.1) is 0 Å². The molecule has 1 aromatic carbocycles. The normalized spacial score (nSPS) is 35.1. The third kappa shape index (κ3) is 2.69. The Labute approximate surface area is 126 Å². The van der Waals surface area contributed by atoms with Gasteiger partial charge in [-0.2, -0.15) is 0 Å². The second-order valence-corrected chi connectivity index (χ2v) is 7.01. The van der Waals surface area contributed by atoms with E-state index in [-0.39, 0.29) is 12.2 Å². The van der Waals surface area contributed by atoms with Gasteiger partial charge in [-0.25, -0.2) is 0 Å². The monoisotopic (exact) mass is 287 g/mol. The Bertz CT molecular complexity index is 516. The fourth-order valence-electron chi connectivity index (χ4n) is 4.34.